The third kappa shape index (κ3) is 3.42. The Hall–Kier alpha value is -2.26. The molecule has 7 heteroatoms. The number of hydrogen-bond acceptors (Lipinski definition) is 3. The molecule has 0 N–H and O–H groups in total. The fraction of sp³-hybridized carbons (Fsp3) is 0.111. The molecule has 0 bridgehead atoms. The number of amides is 1. The number of carbonyl (C=O) groups excluding carboxylic acids is 1. The maximum Gasteiger partial charge on any atom is 0.281 e. The monoisotopic (exact) mass is 390 g/mol. The third-order valence-corrected chi connectivity index (χ3v) is 5.10. The largest absolute Gasteiger partial charge is 0.495 e. The second-order valence-electron chi connectivity index (χ2n) is 5.02. The quantitative estimate of drug-likeness (QED) is 0.622. The van der Waals surface area contributed by atoms with Crippen LogP contribution in [0.5, 0.6) is 5.75 Å². The van der Waals surface area contributed by atoms with Gasteiger partial charge >= 0.3 is 0 Å². The first-order valence-electron chi connectivity index (χ1n) is 7.19. The van der Waals surface area contributed by atoms with Crippen LogP contribution < -0.4 is 9.54 Å². The molecule has 0 saturated carbocycles. The van der Waals surface area contributed by atoms with Gasteiger partial charge in [-0.05, 0) is 30.3 Å². The summed E-state index contributed by atoms with van der Waals surface area (Å²) in [4.78, 5) is 17.3. The van der Waals surface area contributed by atoms with E-state index in [0.29, 0.717) is 20.6 Å². The molecule has 0 aliphatic heterocycles. The zero-order chi connectivity index (χ0) is 18.0. The van der Waals surface area contributed by atoms with Gasteiger partial charge in [-0.2, -0.15) is 4.99 Å². The van der Waals surface area contributed by atoms with E-state index in [0.717, 1.165) is 10.2 Å². The van der Waals surface area contributed by atoms with Crippen molar-refractivity contribution < 1.29 is 9.53 Å². The van der Waals surface area contributed by atoms with Gasteiger partial charge in [-0.25, -0.2) is 0 Å². The van der Waals surface area contributed by atoms with Crippen molar-refractivity contribution in [2.45, 2.75) is 6.54 Å². The summed E-state index contributed by atoms with van der Waals surface area (Å²) in [5, 5.41) is 0.706. The highest BCUT2D eigenvalue weighted by atomic mass is 35.5. The van der Waals surface area contributed by atoms with Gasteiger partial charge in [-0.3, -0.25) is 4.79 Å². The van der Waals surface area contributed by atoms with Crippen LogP contribution in [0, 0.1) is 12.3 Å². The van der Waals surface area contributed by atoms with Gasteiger partial charge in [0.25, 0.3) is 5.91 Å². The molecule has 0 atom stereocenters. The van der Waals surface area contributed by atoms with Crippen molar-refractivity contribution >= 4 is 50.7 Å². The topological polar surface area (TPSA) is 43.6 Å². The van der Waals surface area contributed by atoms with Crippen LogP contribution in [-0.2, 0) is 6.54 Å². The number of nitrogens with zero attached hydrogens (tertiary/aromatic N) is 2. The van der Waals surface area contributed by atoms with Crippen molar-refractivity contribution in [1.82, 2.24) is 4.57 Å². The summed E-state index contributed by atoms with van der Waals surface area (Å²) < 4.78 is 8.09. The lowest BCUT2D eigenvalue weighted by molar-refractivity contribution is 0.0998. The van der Waals surface area contributed by atoms with Crippen LogP contribution >= 0.6 is 34.5 Å². The number of para-hydroxylation sites is 1. The molecule has 4 nitrogen and oxygen atoms in total. The van der Waals surface area contributed by atoms with E-state index in [1.54, 1.807) is 23.8 Å². The van der Waals surface area contributed by atoms with Gasteiger partial charge in [0.1, 0.15) is 11.3 Å². The zero-order valence-corrected chi connectivity index (χ0v) is 15.5. The molecule has 3 aromatic rings. The fourth-order valence-electron chi connectivity index (χ4n) is 2.39. The Bertz CT molecular complexity index is 1080. The van der Waals surface area contributed by atoms with Gasteiger partial charge in [0.15, 0.2) is 4.80 Å². The van der Waals surface area contributed by atoms with E-state index in [-0.39, 0.29) is 12.1 Å². The minimum Gasteiger partial charge on any atom is -0.495 e. The Morgan fingerprint density at radius 2 is 2.16 bits per heavy atom. The van der Waals surface area contributed by atoms with Crippen molar-refractivity contribution in [3.63, 3.8) is 0 Å². The van der Waals surface area contributed by atoms with Crippen LogP contribution in [0.3, 0.4) is 0 Å². The second kappa shape index (κ2) is 7.32. The molecule has 0 fully saturated rings. The van der Waals surface area contributed by atoms with Crippen LogP contribution in [0.4, 0.5) is 0 Å². The number of methoxy groups -OCH3 is 1. The van der Waals surface area contributed by atoms with E-state index in [1.165, 1.54) is 17.4 Å². The SMILES string of the molecule is C#CCn1c(=NC(=O)c2cc(Cl)ccc2Cl)sc2cccc(OC)c21. The Kier molecular flexibility index (Phi) is 5.14. The third-order valence-electron chi connectivity index (χ3n) is 3.49. The molecule has 0 saturated heterocycles. The second-order valence-corrected chi connectivity index (χ2v) is 6.88. The first-order valence-corrected chi connectivity index (χ1v) is 8.76. The Morgan fingerprint density at radius 1 is 1.36 bits per heavy atom. The lowest BCUT2D eigenvalue weighted by Crippen LogP contribution is -2.17. The predicted molar refractivity (Wildman–Crippen MR) is 102 cm³/mol. The van der Waals surface area contributed by atoms with E-state index in [9.17, 15) is 4.79 Å². The number of halogens is 2. The fourth-order valence-corrected chi connectivity index (χ4v) is 3.81. The summed E-state index contributed by atoms with van der Waals surface area (Å²) in [6.07, 6.45) is 5.48. The molecule has 1 aromatic heterocycles. The number of benzene rings is 2. The molecular formula is C18H12Cl2N2O2S. The summed E-state index contributed by atoms with van der Waals surface area (Å²) in [6, 6.07) is 10.3. The van der Waals surface area contributed by atoms with E-state index in [4.69, 9.17) is 34.4 Å². The molecular weight excluding hydrogens is 379 g/mol. The smallest absolute Gasteiger partial charge is 0.281 e. The van der Waals surface area contributed by atoms with E-state index in [2.05, 4.69) is 10.9 Å². The Labute approximate surface area is 158 Å². The number of thiazole rings is 1. The molecule has 0 radical (unpaired) electrons. The molecule has 0 unspecified atom stereocenters. The molecule has 1 heterocycles. The van der Waals surface area contributed by atoms with Crippen LogP contribution in [0.25, 0.3) is 10.2 Å². The number of fused-ring (bicyclic) bond motifs is 1. The minimum atomic E-state index is -0.483. The van der Waals surface area contributed by atoms with Crippen molar-refractivity contribution in [1.29, 1.82) is 0 Å². The standard InChI is InChI=1S/C18H12Cl2N2O2S/c1-3-9-22-16-14(24-2)5-4-6-15(16)25-18(22)21-17(23)12-10-11(19)7-8-13(12)20/h1,4-8,10H,9H2,2H3. The maximum atomic E-state index is 12.6. The van der Waals surface area contributed by atoms with Crippen LogP contribution in [0.2, 0.25) is 10.0 Å². The van der Waals surface area contributed by atoms with Gasteiger partial charge in [0.05, 0.1) is 28.9 Å². The number of ether oxygens (including phenoxy) is 1. The molecule has 0 aliphatic rings. The lowest BCUT2D eigenvalue weighted by Gasteiger charge is -2.05. The van der Waals surface area contributed by atoms with Crippen LogP contribution in [0.1, 0.15) is 10.4 Å². The summed E-state index contributed by atoms with van der Waals surface area (Å²) in [6.45, 7) is 0.260. The van der Waals surface area contributed by atoms with Gasteiger partial charge < -0.3 is 9.30 Å². The summed E-state index contributed by atoms with van der Waals surface area (Å²) in [5.41, 5.74) is 1.04. The maximum absolute atomic E-state index is 12.6. The molecule has 2 aromatic carbocycles. The highest BCUT2D eigenvalue weighted by Crippen LogP contribution is 2.27. The molecule has 3 rings (SSSR count). The summed E-state index contributed by atoms with van der Waals surface area (Å²) in [5.74, 6) is 2.77. The molecule has 1 amide bonds. The van der Waals surface area contributed by atoms with Gasteiger partial charge in [-0.1, -0.05) is 46.5 Å². The van der Waals surface area contributed by atoms with Crippen LogP contribution in [0.15, 0.2) is 41.4 Å². The molecule has 25 heavy (non-hydrogen) atoms. The number of terminal acetylenes is 1. The Balaban J connectivity index is 2.22. The number of hydrogen-bond donors (Lipinski definition) is 0. The highest BCUT2D eigenvalue weighted by Gasteiger charge is 2.14. The van der Waals surface area contributed by atoms with Crippen molar-refractivity contribution in [3.05, 3.63) is 56.8 Å². The predicted octanol–water partition coefficient (Wildman–Crippen LogP) is 4.39. The zero-order valence-electron chi connectivity index (χ0n) is 13.1. The van der Waals surface area contributed by atoms with E-state index >= 15 is 0 Å². The molecule has 126 valence electrons. The number of carbonyl (C=O) groups is 1. The Morgan fingerprint density at radius 3 is 2.88 bits per heavy atom. The lowest BCUT2D eigenvalue weighted by atomic mass is 10.2. The average molecular weight is 391 g/mol. The van der Waals surface area contributed by atoms with Crippen molar-refractivity contribution in [2.24, 2.45) is 4.99 Å². The van der Waals surface area contributed by atoms with Crippen LogP contribution in [-0.4, -0.2) is 17.6 Å². The van der Waals surface area contributed by atoms with E-state index in [1.807, 2.05) is 18.2 Å². The minimum absolute atomic E-state index is 0.242. The highest BCUT2D eigenvalue weighted by molar-refractivity contribution is 7.16. The number of rotatable bonds is 3. The van der Waals surface area contributed by atoms with E-state index < -0.39 is 5.91 Å². The molecule has 0 spiro atoms. The van der Waals surface area contributed by atoms with Gasteiger partial charge in [0.2, 0.25) is 0 Å². The summed E-state index contributed by atoms with van der Waals surface area (Å²) in [7, 11) is 1.58. The number of aromatic nitrogens is 1. The van der Waals surface area contributed by atoms with Crippen molar-refractivity contribution in [2.75, 3.05) is 7.11 Å². The van der Waals surface area contributed by atoms with Crippen molar-refractivity contribution in [3.8, 4) is 18.1 Å². The first kappa shape index (κ1) is 17.6. The molecule has 0 aliphatic carbocycles. The average Bonchev–Trinajstić information content (AvgIpc) is 2.94. The van der Waals surface area contributed by atoms with Gasteiger partial charge in [0, 0.05) is 5.02 Å². The van der Waals surface area contributed by atoms with Gasteiger partial charge in [-0.15, -0.1) is 6.42 Å². The first-order chi connectivity index (χ1) is 12.0. The summed E-state index contributed by atoms with van der Waals surface area (Å²) >= 11 is 13.4. The normalized spacial score (nSPS) is 11.5.